The molecule has 0 radical (unpaired) electrons. The summed E-state index contributed by atoms with van der Waals surface area (Å²) in [5.41, 5.74) is -0.116. The molecular formula is C22H28ClFO10S. The zero-order valence-electron chi connectivity index (χ0n) is 18.8. The van der Waals surface area contributed by atoms with Crippen LogP contribution in [0.3, 0.4) is 0 Å². The first-order valence-electron chi connectivity index (χ1n) is 11.0. The van der Waals surface area contributed by atoms with Crippen molar-refractivity contribution in [1.29, 1.82) is 0 Å². The molecule has 5 atom stereocenters. The number of benzene rings is 1. The summed E-state index contributed by atoms with van der Waals surface area (Å²) in [7, 11) is -4.07. The minimum atomic E-state index is -4.07. The first-order chi connectivity index (χ1) is 16.5. The Balaban J connectivity index is 1.98. The van der Waals surface area contributed by atoms with Crippen molar-refractivity contribution >= 4 is 27.4 Å². The Morgan fingerprint density at radius 3 is 2.34 bits per heavy atom. The highest BCUT2D eigenvalue weighted by Gasteiger charge is 2.54. The molecule has 13 heteroatoms. The van der Waals surface area contributed by atoms with Gasteiger partial charge in [-0.05, 0) is 37.1 Å². The molecule has 1 aromatic rings. The SMILES string of the molecule is CCOC(=O)C1=CC2(CCC1S(=O)(=O)Cc1ccc(F)cc1Cl)O[C@H]([C@H](O)CO)[C@@H]([C@H](O)CO)O2. The van der Waals surface area contributed by atoms with Gasteiger partial charge in [-0.15, -0.1) is 0 Å². The lowest BCUT2D eigenvalue weighted by Gasteiger charge is -2.34. The van der Waals surface area contributed by atoms with Gasteiger partial charge < -0.3 is 34.6 Å². The molecule has 1 spiro atoms. The fourth-order valence-corrected chi connectivity index (χ4v) is 6.46. The van der Waals surface area contributed by atoms with Crippen LogP contribution in [0.15, 0.2) is 29.8 Å². The molecule has 2 aliphatic rings. The summed E-state index contributed by atoms with van der Waals surface area (Å²) in [5, 5.41) is 37.6. The van der Waals surface area contributed by atoms with Crippen LogP contribution in [0.1, 0.15) is 25.3 Å². The van der Waals surface area contributed by atoms with Gasteiger partial charge in [0, 0.05) is 11.4 Å². The third-order valence-corrected chi connectivity index (χ3v) is 8.34. The Hall–Kier alpha value is -1.64. The molecule has 1 aromatic carbocycles. The van der Waals surface area contributed by atoms with E-state index in [2.05, 4.69) is 0 Å². The van der Waals surface area contributed by atoms with Gasteiger partial charge in [-0.1, -0.05) is 17.7 Å². The van der Waals surface area contributed by atoms with Crippen LogP contribution in [-0.2, 0) is 34.6 Å². The molecule has 1 aliphatic carbocycles. The van der Waals surface area contributed by atoms with Gasteiger partial charge in [0.2, 0.25) is 0 Å². The summed E-state index contributed by atoms with van der Waals surface area (Å²) in [6.45, 7) is 0.0348. The Bertz CT molecular complexity index is 1040. The monoisotopic (exact) mass is 538 g/mol. The average molecular weight is 539 g/mol. The molecule has 1 fully saturated rings. The predicted octanol–water partition coefficient (Wildman–Crippen LogP) is 0.232. The minimum Gasteiger partial charge on any atom is -0.463 e. The third-order valence-electron chi connectivity index (χ3n) is 5.92. The van der Waals surface area contributed by atoms with E-state index in [-0.39, 0.29) is 35.6 Å². The molecule has 0 bridgehead atoms. The van der Waals surface area contributed by atoms with E-state index in [1.807, 2.05) is 0 Å². The molecular weight excluding hydrogens is 511 g/mol. The number of hydrogen-bond donors (Lipinski definition) is 4. The molecule has 0 aromatic heterocycles. The highest BCUT2D eigenvalue weighted by atomic mass is 35.5. The van der Waals surface area contributed by atoms with E-state index in [9.17, 15) is 38.0 Å². The van der Waals surface area contributed by atoms with Crippen LogP contribution in [0.5, 0.6) is 0 Å². The quantitative estimate of drug-likeness (QED) is 0.320. The second-order valence-corrected chi connectivity index (χ2v) is 11.0. The van der Waals surface area contributed by atoms with Crippen LogP contribution >= 0.6 is 11.6 Å². The van der Waals surface area contributed by atoms with Crippen molar-refractivity contribution in [2.45, 2.75) is 61.0 Å². The van der Waals surface area contributed by atoms with Gasteiger partial charge in [-0.3, -0.25) is 0 Å². The van der Waals surface area contributed by atoms with Crippen molar-refractivity contribution in [2.24, 2.45) is 0 Å². The van der Waals surface area contributed by atoms with Gasteiger partial charge in [-0.25, -0.2) is 17.6 Å². The number of carbonyl (C=O) groups is 1. The largest absolute Gasteiger partial charge is 0.463 e. The number of halogens is 2. The van der Waals surface area contributed by atoms with Gasteiger partial charge in [0.15, 0.2) is 15.6 Å². The second kappa shape index (κ2) is 11.2. The zero-order valence-corrected chi connectivity index (χ0v) is 20.4. The van der Waals surface area contributed by atoms with Crippen molar-refractivity contribution in [2.75, 3.05) is 19.8 Å². The summed E-state index contributed by atoms with van der Waals surface area (Å²) in [5.74, 6) is -3.84. The Morgan fingerprint density at radius 2 is 1.83 bits per heavy atom. The summed E-state index contributed by atoms with van der Waals surface area (Å²) < 4.78 is 56.7. The maximum Gasteiger partial charge on any atom is 0.335 e. The molecule has 1 saturated heterocycles. The molecule has 35 heavy (non-hydrogen) atoms. The lowest BCUT2D eigenvalue weighted by Crippen LogP contribution is -2.45. The van der Waals surface area contributed by atoms with Crippen LogP contribution in [0.2, 0.25) is 5.02 Å². The van der Waals surface area contributed by atoms with E-state index in [1.165, 1.54) is 6.07 Å². The molecule has 4 N–H and O–H groups in total. The van der Waals surface area contributed by atoms with Crippen LogP contribution in [0.4, 0.5) is 4.39 Å². The smallest absolute Gasteiger partial charge is 0.335 e. The van der Waals surface area contributed by atoms with E-state index >= 15 is 0 Å². The first-order valence-corrected chi connectivity index (χ1v) is 13.0. The number of aliphatic hydroxyl groups is 4. The van der Waals surface area contributed by atoms with Gasteiger partial charge in [-0.2, -0.15) is 0 Å². The number of esters is 1. The van der Waals surface area contributed by atoms with Crippen molar-refractivity contribution in [1.82, 2.24) is 0 Å². The van der Waals surface area contributed by atoms with Gasteiger partial charge in [0.1, 0.15) is 30.2 Å². The number of ether oxygens (including phenoxy) is 3. The lowest BCUT2D eigenvalue weighted by molar-refractivity contribution is -0.164. The molecule has 1 unspecified atom stereocenters. The van der Waals surface area contributed by atoms with Crippen molar-refractivity contribution in [3.05, 3.63) is 46.3 Å². The number of aliphatic hydroxyl groups excluding tert-OH is 4. The van der Waals surface area contributed by atoms with Gasteiger partial charge >= 0.3 is 5.97 Å². The van der Waals surface area contributed by atoms with Crippen LogP contribution < -0.4 is 0 Å². The van der Waals surface area contributed by atoms with Crippen molar-refractivity contribution in [3.63, 3.8) is 0 Å². The fraction of sp³-hybridized carbons (Fsp3) is 0.591. The Morgan fingerprint density at radius 1 is 1.23 bits per heavy atom. The van der Waals surface area contributed by atoms with Crippen LogP contribution in [0, 0.1) is 5.82 Å². The van der Waals surface area contributed by atoms with Gasteiger partial charge in [0.25, 0.3) is 0 Å². The second-order valence-electron chi connectivity index (χ2n) is 8.37. The molecule has 0 saturated carbocycles. The van der Waals surface area contributed by atoms with E-state index in [4.69, 9.17) is 25.8 Å². The maximum atomic E-state index is 13.4. The number of carbonyl (C=O) groups excluding carboxylic acids is 1. The van der Waals surface area contributed by atoms with E-state index in [0.717, 1.165) is 18.2 Å². The van der Waals surface area contributed by atoms with Crippen molar-refractivity contribution in [3.8, 4) is 0 Å². The lowest BCUT2D eigenvalue weighted by atomic mass is 9.94. The molecule has 196 valence electrons. The molecule has 1 aliphatic heterocycles. The predicted molar refractivity (Wildman–Crippen MR) is 120 cm³/mol. The summed E-state index contributed by atoms with van der Waals surface area (Å²) >= 11 is 6.00. The molecule has 1 heterocycles. The fourth-order valence-electron chi connectivity index (χ4n) is 4.23. The molecule has 3 rings (SSSR count). The molecule has 10 nitrogen and oxygen atoms in total. The maximum absolute atomic E-state index is 13.4. The summed E-state index contributed by atoms with van der Waals surface area (Å²) in [6, 6.07) is 3.32. The number of rotatable bonds is 9. The Labute approximate surface area is 206 Å². The summed E-state index contributed by atoms with van der Waals surface area (Å²) in [4.78, 5) is 12.8. The zero-order chi connectivity index (χ0) is 26.0. The normalized spacial score (nSPS) is 25.8. The van der Waals surface area contributed by atoms with Crippen LogP contribution in [-0.4, -0.2) is 90.1 Å². The van der Waals surface area contributed by atoms with E-state index < -0.39 is 76.0 Å². The molecule has 0 amide bonds. The Kier molecular flexibility index (Phi) is 8.92. The van der Waals surface area contributed by atoms with E-state index in [0.29, 0.717) is 0 Å². The minimum absolute atomic E-state index is 0.0425. The third kappa shape index (κ3) is 6.03. The number of hydrogen-bond acceptors (Lipinski definition) is 10. The van der Waals surface area contributed by atoms with E-state index in [1.54, 1.807) is 6.92 Å². The summed E-state index contributed by atoms with van der Waals surface area (Å²) in [6.07, 6.45) is -4.62. The van der Waals surface area contributed by atoms with Crippen molar-refractivity contribution < 1.29 is 52.2 Å². The van der Waals surface area contributed by atoms with Crippen LogP contribution in [0.25, 0.3) is 0 Å². The number of sulfone groups is 1. The standard InChI is InChI=1S/C22H28ClFO10S/c1-2-32-21(29)14-8-22(33-19(16(27)9-25)20(34-22)17(28)10-26)6-5-18(14)35(30,31)11-12-3-4-13(24)7-15(12)23/h3-4,7-8,16-20,25-28H,2,5-6,9-11H2,1H3/t16-,17-,18?,19-,20-/m1/s1. The average Bonchev–Trinajstić information content (AvgIpc) is 3.18. The van der Waals surface area contributed by atoms with Gasteiger partial charge in [0.05, 0.1) is 36.4 Å². The highest BCUT2D eigenvalue weighted by Crippen LogP contribution is 2.43. The first kappa shape index (κ1) is 27.9. The highest BCUT2D eigenvalue weighted by molar-refractivity contribution is 7.91. The topological polar surface area (TPSA) is 160 Å².